The van der Waals surface area contributed by atoms with Crippen molar-refractivity contribution in [2.75, 3.05) is 7.11 Å². The van der Waals surface area contributed by atoms with Crippen molar-refractivity contribution < 1.29 is 13.5 Å². The molecule has 0 radical (unpaired) electrons. The first-order valence-corrected chi connectivity index (χ1v) is 5.16. The van der Waals surface area contributed by atoms with Crippen molar-refractivity contribution >= 4 is 11.6 Å². The molecule has 0 aliphatic heterocycles. The van der Waals surface area contributed by atoms with Gasteiger partial charge in [0.25, 0.3) is 0 Å². The molecule has 0 saturated carbocycles. The van der Waals surface area contributed by atoms with Gasteiger partial charge in [0.2, 0.25) is 5.88 Å². The average molecular weight is 256 g/mol. The van der Waals surface area contributed by atoms with Gasteiger partial charge < -0.3 is 4.74 Å². The molecule has 0 aliphatic carbocycles. The highest BCUT2D eigenvalue weighted by Crippen LogP contribution is 2.35. The maximum atomic E-state index is 13.6. The summed E-state index contributed by atoms with van der Waals surface area (Å²) in [5, 5.41) is 0.152. The zero-order valence-electron chi connectivity index (χ0n) is 8.88. The summed E-state index contributed by atoms with van der Waals surface area (Å²) in [6.45, 7) is 0. The molecule has 5 heteroatoms. The van der Waals surface area contributed by atoms with E-state index in [1.165, 1.54) is 31.5 Å². The Morgan fingerprint density at radius 1 is 1.18 bits per heavy atom. The third-order valence-corrected chi connectivity index (χ3v) is 2.66. The smallest absolute Gasteiger partial charge is 0.232 e. The molecule has 17 heavy (non-hydrogen) atoms. The molecule has 0 atom stereocenters. The van der Waals surface area contributed by atoms with Crippen LogP contribution in [0.25, 0.3) is 11.1 Å². The van der Waals surface area contributed by atoms with Gasteiger partial charge in [-0.1, -0.05) is 23.7 Å². The van der Waals surface area contributed by atoms with Crippen LogP contribution in [0.2, 0.25) is 5.02 Å². The summed E-state index contributed by atoms with van der Waals surface area (Å²) in [5.74, 6) is -1.69. The van der Waals surface area contributed by atoms with E-state index in [1.54, 1.807) is 0 Å². The second-order valence-electron chi connectivity index (χ2n) is 3.28. The molecule has 0 bridgehead atoms. The molecule has 0 saturated heterocycles. The lowest BCUT2D eigenvalue weighted by Gasteiger charge is -2.08. The highest BCUT2D eigenvalue weighted by molar-refractivity contribution is 6.34. The topological polar surface area (TPSA) is 22.1 Å². The number of benzene rings is 1. The van der Waals surface area contributed by atoms with E-state index >= 15 is 0 Å². The minimum Gasteiger partial charge on any atom is -0.480 e. The molecule has 0 N–H and O–H groups in total. The van der Waals surface area contributed by atoms with Crippen LogP contribution in [0, 0.1) is 11.6 Å². The normalized spacial score (nSPS) is 10.4. The first kappa shape index (κ1) is 11.8. The van der Waals surface area contributed by atoms with Crippen LogP contribution < -0.4 is 4.74 Å². The molecule has 1 heterocycles. The van der Waals surface area contributed by atoms with Gasteiger partial charge in [0.1, 0.15) is 5.02 Å². The third kappa shape index (κ3) is 2.08. The molecule has 1 aromatic heterocycles. The molecule has 88 valence electrons. The zero-order chi connectivity index (χ0) is 12.4. The fourth-order valence-electron chi connectivity index (χ4n) is 1.49. The summed E-state index contributed by atoms with van der Waals surface area (Å²) in [6, 6.07) is 5.41. The van der Waals surface area contributed by atoms with Crippen molar-refractivity contribution in [1.29, 1.82) is 0 Å². The van der Waals surface area contributed by atoms with Gasteiger partial charge in [-0.25, -0.2) is 13.8 Å². The Labute approximate surface area is 102 Å². The lowest BCUT2D eigenvalue weighted by atomic mass is 10.1. The van der Waals surface area contributed by atoms with Gasteiger partial charge in [0, 0.05) is 17.3 Å². The summed E-state index contributed by atoms with van der Waals surface area (Å²) in [4.78, 5) is 3.86. The predicted molar refractivity (Wildman–Crippen MR) is 61.2 cm³/mol. The molecule has 2 rings (SSSR count). The van der Waals surface area contributed by atoms with Crippen LogP contribution in [0.5, 0.6) is 5.88 Å². The third-order valence-electron chi connectivity index (χ3n) is 2.29. The Hall–Kier alpha value is -1.68. The van der Waals surface area contributed by atoms with Gasteiger partial charge in [-0.3, -0.25) is 0 Å². The van der Waals surface area contributed by atoms with Crippen LogP contribution in [-0.2, 0) is 0 Å². The van der Waals surface area contributed by atoms with E-state index in [2.05, 4.69) is 4.98 Å². The van der Waals surface area contributed by atoms with Crippen LogP contribution in [-0.4, -0.2) is 12.1 Å². The van der Waals surface area contributed by atoms with Crippen LogP contribution in [0.15, 0.2) is 30.5 Å². The number of rotatable bonds is 2. The number of nitrogens with zero attached hydrogens (tertiary/aromatic N) is 1. The summed E-state index contributed by atoms with van der Waals surface area (Å²) < 4.78 is 31.6. The van der Waals surface area contributed by atoms with E-state index in [-0.39, 0.29) is 16.5 Å². The number of aromatic nitrogens is 1. The van der Waals surface area contributed by atoms with Gasteiger partial charge in [-0.15, -0.1) is 0 Å². The molecular formula is C12H8ClF2NO. The zero-order valence-corrected chi connectivity index (χ0v) is 9.63. The number of hydrogen-bond acceptors (Lipinski definition) is 2. The van der Waals surface area contributed by atoms with Gasteiger partial charge in [0.05, 0.1) is 7.11 Å². The Balaban J connectivity index is 2.65. The monoisotopic (exact) mass is 255 g/mol. The molecule has 2 aromatic rings. The number of halogens is 3. The highest BCUT2D eigenvalue weighted by Gasteiger charge is 2.15. The van der Waals surface area contributed by atoms with Crippen molar-refractivity contribution in [2.24, 2.45) is 0 Å². The van der Waals surface area contributed by atoms with Gasteiger partial charge in [0.15, 0.2) is 11.6 Å². The van der Waals surface area contributed by atoms with Crippen molar-refractivity contribution in [3.8, 4) is 17.0 Å². The molecule has 0 fully saturated rings. The van der Waals surface area contributed by atoms with E-state index in [4.69, 9.17) is 16.3 Å². The van der Waals surface area contributed by atoms with Crippen molar-refractivity contribution in [2.45, 2.75) is 0 Å². The lowest BCUT2D eigenvalue weighted by Crippen LogP contribution is -1.93. The Bertz CT molecular complexity index is 560. The van der Waals surface area contributed by atoms with Crippen molar-refractivity contribution in [3.63, 3.8) is 0 Å². The quantitative estimate of drug-likeness (QED) is 0.817. The number of ether oxygens (including phenoxy) is 1. The maximum absolute atomic E-state index is 13.6. The summed E-state index contributed by atoms with van der Waals surface area (Å²) in [6.07, 6.45) is 1.42. The van der Waals surface area contributed by atoms with E-state index in [0.717, 1.165) is 6.07 Å². The van der Waals surface area contributed by atoms with Gasteiger partial charge in [-0.2, -0.15) is 0 Å². The van der Waals surface area contributed by atoms with E-state index < -0.39 is 11.6 Å². The molecule has 0 aliphatic rings. The summed E-state index contributed by atoms with van der Waals surface area (Å²) in [7, 11) is 1.40. The molecule has 0 amide bonds. The molecular weight excluding hydrogens is 248 g/mol. The lowest BCUT2D eigenvalue weighted by molar-refractivity contribution is 0.398. The van der Waals surface area contributed by atoms with Crippen LogP contribution in [0.1, 0.15) is 0 Å². The van der Waals surface area contributed by atoms with Gasteiger partial charge in [-0.05, 0) is 12.1 Å². The highest BCUT2D eigenvalue weighted by atomic mass is 35.5. The number of methoxy groups -OCH3 is 1. The Morgan fingerprint density at radius 3 is 2.65 bits per heavy atom. The fourth-order valence-corrected chi connectivity index (χ4v) is 1.78. The summed E-state index contributed by atoms with van der Waals surface area (Å²) in [5.41, 5.74) is 0.422. The Kier molecular flexibility index (Phi) is 3.24. The average Bonchev–Trinajstić information content (AvgIpc) is 2.33. The van der Waals surface area contributed by atoms with Gasteiger partial charge >= 0.3 is 0 Å². The minimum atomic E-state index is -0.942. The molecule has 0 spiro atoms. The first-order chi connectivity index (χ1) is 8.15. The van der Waals surface area contributed by atoms with Crippen LogP contribution in [0.3, 0.4) is 0 Å². The second kappa shape index (κ2) is 4.67. The first-order valence-electron chi connectivity index (χ1n) is 4.78. The maximum Gasteiger partial charge on any atom is 0.232 e. The standard InChI is InChI=1S/C12H8ClF2NO/c1-17-12-10(13)7(5-6-16-12)8-3-2-4-9(14)11(8)15/h2-6H,1H3. The van der Waals surface area contributed by atoms with Crippen molar-refractivity contribution in [1.82, 2.24) is 4.98 Å². The van der Waals surface area contributed by atoms with Crippen molar-refractivity contribution in [3.05, 3.63) is 47.1 Å². The number of hydrogen-bond donors (Lipinski definition) is 0. The largest absolute Gasteiger partial charge is 0.480 e. The minimum absolute atomic E-state index is 0.0794. The number of pyridine rings is 1. The van der Waals surface area contributed by atoms with Crippen LogP contribution in [0.4, 0.5) is 8.78 Å². The SMILES string of the molecule is COc1nccc(-c2cccc(F)c2F)c1Cl. The Morgan fingerprint density at radius 2 is 1.94 bits per heavy atom. The van der Waals surface area contributed by atoms with Crippen LogP contribution >= 0.6 is 11.6 Å². The fraction of sp³-hybridized carbons (Fsp3) is 0.0833. The molecule has 0 unspecified atom stereocenters. The molecule has 1 aromatic carbocycles. The van der Waals surface area contributed by atoms with E-state index in [9.17, 15) is 8.78 Å². The van der Waals surface area contributed by atoms with E-state index in [1.807, 2.05) is 0 Å². The molecule has 2 nitrogen and oxygen atoms in total. The second-order valence-corrected chi connectivity index (χ2v) is 3.66. The summed E-state index contributed by atoms with van der Waals surface area (Å²) >= 11 is 5.99. The van der Waals surface area contributed by atoms with E-state index in [0.29, 0.717) is 5.56 Å². The predicted octanol–water partition coefficient (Wildman–Crippen LogP) is 3.69.